The lowest BCUT2D eigenvalue weighted by atomic mass is 9.90. The summed E-state index contributed by atoms with van der Waals surface area (Å²) in [7, 11) is 0. The van der Waals surface area contributed by atoms with Crippen LogP contribution in [-0.2, 0) is 0 Å². The Hall–Kier alpha value is -8.34. The van der Waals surface area contributed by atoms with E-state index < -0.39 is 0 Å². The van der Waals surface area contributed by atoms with Gasteiger partial charge >= 0.3 is 0 Å². The molecule has 0 aliphatic rings. The van der Waals surface area contributed by atoms with Gasteiger partial charge in [-0.2, -0.15) is 0 Å². The Morgan fingerprint density at radius 3 is 1.19 bits per heavy atom. The van der Waals surface area contributed by atoms with Gasteiger partial charge < -0.3 is 18.6 Å². The predicted molar refractivity (Wildman–Crippen MR) is 260 cm³/mol. The summed E-state index contributed by atoms with van der Waals surface area (Å²) in [5.74, 6) is 0. The zero-order valence-electron chi connectivity index (χ0n) is 33.5. The molecule has 0 atom stereocenters. The van der Waals surface area contributed by atoms with E-state index in [1.54, 1.807) is 0 Å². The molecule has 0 aliphatic heterocycles. The average Bonchev–Trinajstić information content (AvgIpc) is 3.90. The summed E-state index contributed by atoms with van der Waals surface area (Å²) in [4.78, 5) is 4.70. The molecule has 290 valence electrons. The van der Waals surface area contributed by atoms with Crippen LogP contribution in [0.2, 0.25) is 0 Å². The smallest absolute Gasteiger partial charge is 0.135 e. The number of hydrogen-bond acceptors (Lipinski definition) is 4. The molecule has 0 bridgehead atoms. The first kappa shape index (κ1) is 34.5. The Morgan fingerprint density at radius 2 is 0.613 bits per heavy atom. The maximum atomic E-state index is 6.23. The molecular formula is C58H36N2O2. The Bertz CT molecular complexity index is 3860. The molecule has 2 aromatic heterocycles. The minimum Gasteiger partial charge on any atom is -0.456 e. The van der Waals surface area contributed by atoms with Gasteiger partial charge in [-0.15, -0.1) is 0 Å². The van der Waals surface area contributed by atoms with Crippen molar-refractivity contribution in [2.45, 2.75) is 0 Å². The summed E-state index contributed by atoms with van der Waals surface area (Å²) in [6, 6.07) is 78.2. The quantitative estimate of drug-likeness (QED) is 0.157. The Kier molecular flexibility index (Phi) is 7.57. The summed E-state index contributed by atoms with van der Waals surface area (Å²) < 4.78 is 12.5. The molecule has 0 aliphatic carbocycles. The van der Waals surface area contributed by atoms with Crippen molar-refractivity contribution in [2.24, 2.45) is 0 Å². The van der Waals surface area contributed by atoms with Crippen LogP contribution < -0.4 is 9.80 Å². The highest BCUT2D eigenvalue weighted by atomic mass is 16.3. The fourth-order valence-electron chi connectivity index (χ4n) is 9.79. The molecule has 0 radical (unpaired) electrons. The lowest BCUT2D eigenvalue weighted by molar-refractivity contribution is 0.668. The standard InChI is InChI=1S/C58H36N2O2/c1-3-13-38(14-4-1)59(42-26-31-56-52(35-42)47-18-9-11-21-54(47)61-56)40-24-29-44-37(33-40)23-28-50-46-30-25-41(34-51(46)45-17-7-8-20-49(45)58(44)50)60(39-15-5-2-6-16-39)43-27-32-57-53(36-43)48-19-10-12-22-55(48)62-57/h1-36H. The molecule has 4 nitrogen and oxygen atoms in total. The van der Waals surface area contributed by atoms with Gasteiger partial charge in [-0.25, -0.2) is 0 Å². The van der Waals surface area contributed by atoms with Crippen LogP contribution in [0.5, 0.6) is 0 Å². The van der Waals surface area contributed by atoms with Gasteiger partial charge in [0.25, 0.3) is 0 Å². The first-order valence-corrected chi connectivity index (χ1v) is 21.1. The summed E-state index contributed by atoms with van der Waals surface area (Å²) in [5, 5.41) is 14.3. The first-order chi connectivity index (χ1) is 30.7. The van der Waals surface area contributed by atoms with E-state index in [2.05, 4.69) is 204 Å². The molecular weight excluding hydrogens is 757 g/mol. The monoisotopic (exact) mass is 792 g/mol. The third-order valence-corrected chi connectivity index (χ3v) is 12.6. The van der Waals surface area contributed by atoms with Crippen molar-refractivity contribution in [3.8, 4) is 0 Å². The SMILES string of the molecule is c1ccc(N(c2ccc3c(ccc4c5ccc(N(c6ccccc6)c6ccc7oc8ccccc8c7c6)cc5c5ccccc5c34)c2)c2ccc3oc4ccccc4c3c2)cc1. The van der Waals surface area contributed by atoms with Crippen molar-refractivity contribution in [1.29, 1.82) is 0 Å². The number of hydrogen-bond donors (Lipinski definition) is 0. The van der Waals surface area contributed by atoms with E-state index in [0.29, 0.717) is 0 Å². The normalized spacial score (nSPS) is 11.9. The van der Waals surface area contributed by atoms with Crippen molar-refractivity contribution in [2.75, 3.05) is 9.80 Å². The van der Waals surface area contributed by atoms with E-state index in [0.717, 1.165) is 78.0 Å². The molecule has 13 rings (SSSR count). The summed E-state index contributed by atoms with van der Waals surface area (Å²) in [6.45, 7) is 0. The minimum absolute atomic E-state index is 0.885. The summed E-state index contributed by atoms with van der Waals surface area (Å²) >= 11 is 0. The highest BCUT2D eigenvalue weighted by molar-refractivity contribution is 6.32. The van der Waals surface area contributed by atoms with Crippen LogP contribution in [0, 0.1) is 0 Å². The molecule has 0 amide bonds. The van der Waals surface area contributed by atoms with Gasteiger partial charge in [0.15, 0.2) is 0 Å². The van der Waals surface area contributed by atoms with Gasteiger partial charge in [-0.3, -0.25) is 0 Å². The third-order valence-electron chi connectivity index (χ3n) is 12.6. The number of anilines is 6. The second kappa shape index (κ2) is 13.6. The molecule has 0 N–H and O–H groups in total. The Morgan fingerprint density at radius 1 is 0.226 bits per heavy atom. The van der Waals surface area contributed by atoms with E-state index in [1.165, 1.54) is 43.1 Å². The number of benzene rings is 11. The largest absolute Gasteiger partial charge is 0.456 e. The van der Waals surface area contributed by atoms with Gasteiger partial charge in [0.05, 0.1) is 0 Å². The molecule has 13 aromatic rings. The van der Waals surface area contributed by atoms with Crippen LogP contribution in [-0.4, -0.2) is 0 Å². The van der Waals surface area contributed by atoms with Crippen LogP contribution in [0.3, 0.4) is 0 Å². The van der Waals surface area contributed by atoms with Gasteiger partial charge in [-0.1, -0.05) is 121 Å². The number of para-hydroxylation sites is 4. The second-order valence-electron chi connectivity index (χ2n) is 16.1. The Labute approximate surface area is 356 Å². The summed E-state index contributed by atoms with van der Waals surface area (Å²) in [6.07, 6.45) is 0. The lowest BCUT2D eigenvalue weighted by Crippen LogP contribution is -2.09. The van der Waals surface area contributed by atoms with E-state index >= 15 is 0 Å². The zero-order chi connectivity index (χ0) is 40.7. The summed E-state index contributed by atoms with van der Waals surface area (Å²) in [5.41, 5.74) is 10.1. The molecule has 4 heteroatoms. The molecule has 11 aromatic carbocycles. The predicted octanol–water partition coefficient (Wildman–Crippen LogP) is 17.0. The van der Waals surface area contributed by atoms with Crippen LogP contribution in [0.25, 0.3) is 87.0 Å². The molecule has 2 heterocycles. The molecule has 0 saturated heterocycles. The van der Waals surface area contributed by atoms with Crippen molar-refractivity contribution in [3.63, 3.8) is 0 Å². The fraction of sp³-hybridized carbons (Fsp3) is 0. The molecule has 0 fully saturated rings. The third kappa shape index (κ3) is 5.33. The van der Waals surface area contributed by atoms with E-state index in [9.17, 15) is 0 Å². The molecule has 0 saturated carbocycles. The zero-order valence-corrected chi connectivity index (χ0v) is 33.5. The minimum atomic E-state index is 0.885. The van der Waals surface area contributed by atoms with Crippen LogP contribution in [0.1, 0.15) is 0 Å². The molecule has 62 heavy (non-hydrogen) atoms. The number of furan rings is 2. The number of rotatable bonds is 6. The van der Waals surface area contributed by atoms with Crippen molar-refractivity contribution in [1.82, 2.24) is 0 Å². The molecule has 0 unspecified atom stereocenters. The van der Waals surface area contributed by atoms with E-state index in [-0.39, 0.29) is 0 Å². The van der Waals surface area contributed by atoms with Gasteiger partial charge in [0.1, 0.15) is 22.3 Å². The van der Waals surface area contributed by atoms with Gasteiger partial charge in [0, 0.05) is 55.7 Å². The van der Waals surface area contributed by atoms with Crippen LogP contribution in [0.4, 0.5) is 34.1 Å². The number of fused-ring (bicyclic) bond motifs is 14. The first-order valence-electron chi connectivity index (χ1n) is 21.1. The van der Waals surface area contributed by atoms with Crippen molar-refractivity contribution >= 4 is 121 Å². The van der Waals surface area contributed by atoms with Gasteiger partial charge in [-0.05, 0) is 140 Å². The fourth-order valence-corrected chi connectivity index (χ4v) is 9.79. The van der Waals surface area contributed by atoms with E-state index in [4.69, 9.17) is 8.83 Å². The number of nitrogens with zero attached hydrogens (tertiary/aromatic N) is 2. The van der Waals surface area contributed by atoms with Crippen LogP contribution >= 0.6 is 0 Å². The topological polar surface area (TPSA) is 32.8 Å². The Balaban J connectivity index is 0.984. The molecule has 0 spiro atoms. The second-order valence-corrected chi connectivity index (χ2v) is 16.1. The van der Waals surface area contributed by atoms with Crippen LogP contribution in [0.15, 0.2) is 227 Å². The van der Waals surface area contributed by atoms with Gasteiger partial charge in [0.2, 0.25) is 0 Å². The maximum absolute atomic E-state index is 6.23. The lowest BCUT2D eigenvalue weighted by Gasteiger charge is -2.26. The van der Waals surface area contributed by atoms with Crippen molar-refractivity contribution in [3.05, 3.63) is 218 Å². The van der Waals surface area contributed by atoms with E-state index in [1.807, 2.05) is 24.3 Å². The maximum Gasteiger partial charge on any atom is 0.135 e. The highest BCUT2D eigenvalue weighted by Crippen LogP contribution is 2.45. The van der Waals surface area contributed by atoms with Crippen molar-refractivity contribution < 1.29 is 8.83 Å². The average molecular weight is 793 g/mol. The highest BCUT2D eigenvalue weighted by Gasteiger charge is 2.20.